The van der Waals surface area contributed by atoms with Crippen LogP contribution in [0.4, 0.5) is 0 Å². The Morgan fingerprint density at radius 2 is 2.18 bits per heavy atom. The molecule has 0 saturated carbocycles. The summed E-state index contributed by atoms with van der Waals surface area (Å²) in [4.78, 5) is 5.47. The van der Waals surface area contributed by atoms with Gasteiger partial charge in [0.2, 0.25) is 10.0 Å². The van der Waals surface area contributed by atoms with Crippen LogP contribution in [-0.4, -0.2) is 71.2 Å². The van der Waals surface area contributed by atoms with Crippen LogP contribution in [0.3, 0.4) is 0 Å². The number of hydrogen-bond donors (Lipinski definition) is 0. The van der Waals surface area contributed by atoms with Gasteiger partial charge < -0.3 is 4.74 Å². The molecule has 0 bridgehead atoms. The number of piperidine rings is 2. The minimum atomic E-state index is -3.17. The molecule has 1 unspecified atom stereocenters. The van der Waals surface area contributed by atoms with E-state index in [9.17, 15) is 8.42 Å². The number of nitrogens with zero attached hydrogens (tertiary/aromatic N) is 5. The van der Waals surface area contributed by atoms with E-state index in [1.165, 1.54) is 21.6 Å². The smallest absolute Gasteiger partial charge is 0.211 e. The maximum absolute atomic E-state index is 12.0. The molecule has 10 heteroatoms. The Morgan fingerprint density at radius 1 is 1.33 bits per heavy atom. The predicted octanol–water partition coefficient (Wildman–Crippen LogP) is 2.95. The van der Waals surface area contributed by atoms with Gasteiger partial charge in [-0.2, -0.15) is 0 Å². The third-order valence-corrected chi connectivity index (χ3v) is 10.2. The van der Waals surface area contributed by atoms with Crippen LogP contribution in [0.15, 0.2) is 12.3 Å². The first-order valence-electron chi connectivity index (χ1n) is 12.1. The quantitative estimate of drug-likeness (QED) is 0.637. The number of likely N-dealkylation sites (tertiary alicyclic amines) is 1. The highest BCUT2D eigenvalue weighted by Crippen LogP contribution is 2.46. The highest BCUT2D eigenvalue weighted by atomic mass is 32.2. The topological polar surface area (TPSA) is 80.6 Å². The largest absolute Gasteiger partial charge is 0.370 e. The fraction of sp³-hybridized carbons (Fsp3) is 0.739. The molecule has 33 heavy (non-hydrogen) atoms. The molecule has 0 aromatic carbocycles. The number of rotatable bonds is 5. The molecule has 0 N–H and O–H groups in total. The Hall–Kier alpha value is -1.33. The zero-order valence-electron chi connectivity index (χ0n) is 19.9. The van der Waals surface area contributed by atoms with Gasteiger partial charge >= 0.3 is 0 Å². The van der Waals surface area contributed by atoms with Gasteiger partial charge in [0.1, 0.15) is 0 Å². The van der Waals surface area contributed by atoms with Crippen molar-refractivity contribution in [2.75, 3.05) is 32.5 Å². The highest BCUT2D eigenvalue weighted by Gasteiger charge is 2.44. The van der Waals surface area contributed by atoms with Gasteiger partial charge in [-0.25, -0.2) is 17.4 Å². The Morgan fingerprint density at radius 3 is 2.94 bits per heavy atom. The van der Waals surface area contributed by atoms with Crippen molar-refractivity contribution in [3.05, 3.63) is 33.3 Å². The second-order valence-electron chi connectivity index (χ2n) is 9.88. The average molecular weight is 494 g/mol. The molecule has 2 aromatic rings. The van der Waals surface area contributed by atoms with Gasteiger partial charge in [-0.3, -0.25) is 4.90 Å². The monoisotopic (exact) mass is 493 g/mol. The summed E-state index contributed by atoms with van der Waals surface area (Å²) in [7, 11) is -3.17. The normalized spacial score (nSPS) is 29.4. The molecule has 0 amide bonds. The number of ether oxygens (including phenoxy) is 1. The Labute approximate surface area is 201 Å². The van der Waals surface area contributed by atoms with E-state index in [4.69, 9.17) is 4.74 Å². The van der Waals surface area contributed by atoms with Crippen molar-refractivity contribution in [3.63, 3.8) is 0 Å². The van der Waals surface area contributed by atoms with E-state index in [2.05, 4.69) is 35.1 Å². The van der Waals surface area contributed by atoms with Gasteiger partial charge in [-0.15, -0.1) is 16.4 Å². The van der Waals surface area contributed by atoms with Gasteiger partial charge in [0.15, 0.2) is 0 Å². The molecule has 5 rings (SSSR count). The molecule has 1 spiro atoms. The first kappa shape index (κ1) is 23.4. The van der Waals surface area contributed by atoms with E-state index >= 15 is 0 Å². The lowest BCUT2D eigenvalue weighted by Gasteiger charge is -2.47. The first-order chi connectivity index (χ1) is 15.8. The molecule has 5 heterocycles. The summed E-state index contributed by atoms with van der Waals surface area (Å²) in [6, 6.07) is 2.84. The van der Waals surface area contributed by atoms with Crippen molar-refractivity contribution in [2.45, 2.75) is 76.6 Å². The molecule has 2 aromatic heterocycles. The third-order valence-electron chi connectivity index (χ3n) is 7.58. The first-order valence-corrected chi connectivity index (χ1v) is 14.8. The predicted molar refractivity (Wildman–Crippen MR) is 129 cm³/mol. The van der Waals surface area contributed by atoms with Crippen molar-refractivity contribution in [3.8, 4) is 0 Å². The van der Waals surface area contributed by atoms with Crippen LogP contribution in [0.2, 0.25) is 0 Å². The minimum absolute atomic E-state index is 0.0529. The zero-order chi connectivity index (χ0) is 23.2. The summed E-state index contributed by atoms with van der Waals surface area (Å²) >= 11 is 1.97. The summed E-state index contributed by atoms with van der Waals surface area (Å²) in [5.41, 5.74) is 2.26. The molecule has 3 aliphatic heterocycles. The fourth-order valence-corrected chi connectivity index (χ4v) is 7.80. The van der Waals surface area contributed by atoms with Crippen LogP contribution >= 0.6 is 11.3 Å². The van der Waals surface area contributed by atoms with E-state index < -0.39 is 10.0 Å². The minimum Gasteiger partial charge on any atom is -0.370 e. The summed E-state index contributed by atoms with van der Waals surface area (Å²) in [5, 5.41) is 8.80. The number of hydrogen-bond acceptors (Lipinski definition) is 7. The summed E-state index contributed by atoms with van der Waals surface area (Å²) < 4.78 is 33.8. The number of aryl methyl sites for hydroxylation is 1. The maximum atomic E-state index is 12.0. The standard InChI is InChI=1S/C23H35N5O3S2/c1-4-20-12-21-22(32-20)7-11-31-23(21)8-10-26(17(2)13-23)14-18-15-28(25-24-18)19-6-5-9-27(16-19)33(3,29)30/h12,15,17,19H,4-11,13-14,16H2,1-3H3/t17-,19?,23+/m0/s1. The fourth-order valence-electron chi connectivity index (χ4n) is 5.72. The van der Waals surface area contributed by atoms with Crippen molar-refractivity contribution >= 4 is 21.4 Å². The van der Waals surface area contributed by atoms with Crippen LogP contribution in [0.1, 0.15) is 66.6 Å². The van der Waals surface area contributed by atoms with E-state index in [-0.39, 0.29) is 11.6 Å². The van der Waals surface area contributed by atoms with Gasteiger partial charge in [0, 0.05) is 48.4 Å². The molecule has 182 valence electrons. The highest BCUT2D eigenvalue weighted by molar-refractivity contribution is 7.88. The Kier molecular flexibility index (Phi) is 6.41. The van der Waals surface area contributed by atoms with Crippen LogP contribution in [0.25, 0.3) is 0 Å². The summed E-state index contributed by atoms with van der Waals surface area (Å²) in [6.07, 6.45) is 9.21. The maximum Gasteiger partial charge on any atom is 0.211 e. The molecule has 3 atom stereocenters. The van der Waals surface area contributed by atoms with Gasteiger partial charge in [0.25, 0.3) is 0 Å². The third kappa shape index (κ3) is 4.65. The summed E-state index contributed by atoms with van der Waals surface area (Å²) in [5.74, 6) is 0. The van der Waals surface area contributed by atoms with E-state index in [1.54, 1.807) is 4.31 Å². The Bertz CT molecular complexity index is 1100. The SMILES string of the molecule is CCc1cc2c(s1)CCO[C@@]21CCN(Cc2cn(C3CCCN(S(C)(=O)=O)C3)nn2)[C@@H](C)C1. The molecule has 0 aliphatic carbocycles. The number of sulfonamides is 1. The lowest BCUT2D eigenvalue weighted by atomic mass is 9.79. The molecule has 0 radical (unpaired) electrons. The summed E-state index contributed by atoms with van der Waals surface area (Å²) in [6.45, 7) is 8.15. The second-order valence-corrected chi connectivity index (χ2v) is 13.1. The second kappa shape index (κ2) is 9.03. The lowest BCUT2D eigenvalue weighted by molar-refractivity contribution is -0.112. The lowest BCUT2D eigenvalue weighted by Crippen LogP contribution is -2.50. The van der Waals surface area contributed by atoms with Gasteiger partial charge in [-0.1, -0.05) is 12.1 Å². The van der Waals surface area contributed by atoms with Crippen LogP contribution in [-0.2, 0) is 39.7 Å². The van der Waals surface area contributed by atoms with Crippen molar-refractivity contribution < 1.29 is 13.2 Å². The van der Waals surface area contributed by atoms with E-state index in [0.29, 0.717) is 19.1 Å². The van der Waals surface area contributed by atoms with Crippen molar-refractivity contribution in [1.29, 1.82) is 0 Å². The molecular weight excluding hydrogens is 458 g/mol. The number of thiophene rings is 1. The van der Waals surface area contributed by atoms with Gasteiger partial charge in [-0.05, 0) is 50.7 Å². The van der Waals surface area contributed by atoms with Crippen LogP contribution in [0.5, 0.6) is 0 Å². The average Bonchev–Trinajstić information content (AvgIpc) is 3.43. The van der Waals surface area contributed by atoms with Crippen molar-refractivity contribution in [1.82, 2.24) is 24.2 Å². The molecule has 2 fully saturated rings. The molecule has 3 aliphatic rings. The number of fused-ring (bicyclic) bond motifs is 2. The van der Waals surface area contributed by atoms with Crippen LogP contribution in [0, 0.1) is 0 Å². The Balaban J connectivity index is 1.25. The number of aromatic nitrogens is 3. The van der Waals surface area contributed by atoms with E-state index in [0.717, 1.165) is 63.9 Å². The van der Waals surface area contributed by atoms with Crippen molar-refractivity contribution in [2.24, 2.45) is 0 Å². The van der Waals surface area contributed by atoms with Gasteiger partial charge in [0.05, 0.1) is 36.4 Å². The molecule has 2 saturated heterocycles. The van der Waals surface area contributed by atoms with Crippen LogP contribution < -0.4 is 0 Å². The zero-order valence-corrected chi connectivity index (χ0v) is 21.5. The van der Waals surface area contributed by atoms with E-state index in [1.807, 2.05) is 22.2 Å². The molecular formula is C23H35N5O3S2. The molecule has 8 nitrogen and oxygen atoms in total.